The zero-order valence-electron chi connectivity index (χ0n) is 16.3. The van der Waals surface area contributed by atoms with Crippen molar-refractivity contribution in [3.63, 3.8) is 0 Å². The number of halogens is 1. The summed E-state index contributed by atoms with van der Waals surface area (Å²) in [5.74, 6) is 0.964. The van der Waals surface area contributed by atoms with Crippen LogP contribution in [0.15, 0.2) is 82.7 Å². The molecule has 0 atom stereocenters. The van der Waals surface area contributed by atoms with Gasteiger partial charge in [0.1, 0.15) is 5.76 Å². The molecule has 152 valence electrons. The lowest BCUT2D eigenvalue weighted by atomic mass is 10.1. The molecule has 0 fully saturated rings. The molecule has 4 aromatic rings. The van der Waals surface area contributed by atoms with Crippen molar-refractivity contribution in [3.8, 4) is 11.3 Å². The Balaban J connectivity index is 1.52. The lowest BCUT2D eigenvalue weighted by molar-refractivity contribution is -0.113. The van der Waals surface area contributed by atoms with Gasteiger partial charge in [-0.2, -0.15) is 0 Å². The van der Waals surface area contributed by atoms with Crippen molar-refractivity contribution in [2.75, 3.05) is 11.1 Å². The van der Waals surface area contributed by atoms with Crippen molar-refractivity contribution >= 4 is 35.0 Å². The highest BCUT2D eigenvalue weighted by atomic mass is 35.5. The number of carbonyl (C=O) groups is 1. The number of anilines is 1. The number of aromatic nitrogens is 2. The van der Waals surface area contributed by atoms with Gasteiger partial charge in [0, 0.05) is 10.7 Å². The highest BCUT2D eigenvalue weighted by Crippen LogP contribution is 2.28. The van der Waals surface area contributed by atoms with Crippen LogP contribution in [0.3, 0.4) is 0 Å². The smallest absolute Gasteiger partial charge is 0.234 e. The van der Waals surface area contributed by atoms with Crippen LogP contribution in [0, 0.1) is 6.92 Å². The SMILES string of the molecule is Cc1ccc(-c2cnc(SCC(=O)Nc3ccc(Cl)cc3)n2Cc2ccco2)cc1. The summed E-state index contributed by atoms with van der Waals surface area (Å²) >= 11 is 7.28. The normalized spacial score (nSPS) is 10.9. The van der Waals surface area contributed by atoms with Crippen molar-refractivity contribution in [3.05, 3.63) is 89.5 Å². The standard InChI is InChI=1S/C23H20ClN3O2S/c1-16-4-6-17(7-5-16)21-13-25-23(27(21)14-20-3-2-12-29-20)30-15-22(28)26-19-10-8-18(24)9-11-19/h2-13H,14-15H2,1H3,(H,26,28). The summed E-state index contributed by atoms with van der Waals surface area (Å²) in [6.45, 7) is 2.60. The summed E-state index contributed by atoms with van der Waals surface area (Å²) < 4.78 is 7.61. The second kappa shape index (κ2) is 9.24. The molecule has 0 saturated heterocycles. The van der Waals surface area contributed by atoms with Crippen molar-refractivity contribution in [2.24, 2.45) is 0 Å². The largest absolute Gasteiger partial charge is 0.467 e. The minimum absolute atomic E-state index is 0.105. The predicted molar refractivity (Wildman–Crippen MR) is 121 cm³/mol. The molecule has 5 nitrogen and oxygen atoms in total. The van der Waals surface area contributed by atoms with Crippen LogP contribution in [0.2, 0.25) is 5.02 Å². The number of amides is 1. The molecule has 2 aromatic carbocycles. The number of hydrogen-bond donors (Lipinski definition) is 1. The molecular formula is C23H20ClN3O2S. The lowest BCUT2D eigenvalue weighted by Gasteiger charge is -2.11. The van der Waals surface area contributed by atoms with Crippen LogP contribution in [0.4, 0.5) is 5.69 Å². The molecule has 0 bridgehead atoms. The van der Waals surface area contributed by atoms with Gasteiger partial charge in [0.15, 0.2) is 5.16 Å². The minimum atomic E-state index is -0.105. The maximum Gasteiger partial charge on any atom is 0.234 e. The second-order valence-electron chi connectivity index (χ2n) is 6.80. The van der Waals surface area contributed by atoms with Crippen molar-refractivity contribution in [1.29, 1.82) is 0 Å². The fourth-order valence-corrected chi connectivity index (χ4v) is 3.90. The molecule has 7 heteroatoms. The van der Waals surface area contributed by atoms with E-state index >= 15 is 0 Å². The van der Waals surface area contributed by atoms with Crippen LogP contribution in [0.5, 0.6) is 0 Å². The number of nitrogens with zero attached hydrogens (tertiary/aromatic N) is 2. The van der Waals surface area contributed by atoms with E-state index in [4.69, 9.17) is 16.0 Å². The summed E-state index contributed by atoms with van der Waals surface area (Å²) in [7, 11) is 0. The summed E-state index contributed by atoms with van der Waals surface area (Å²) in [4.78, 5) is 17.0. The first-order chi connectivity index (χ1) is 14.6. The van der Waals surface area contributed by atoms with Gasteiger partial charge in [-0.05, 0) is 48.9 Å². The maximum absolute atomic E-state index is 12.4. The zero-order valence-corrected chi connectivity index (χ0v) is 17.9. The van der Waals surface area contributed by atoms with E-state index in [1.165, 1.54) is 17.3 Å². The van der Waals surface area contributed by atoms with Gasteiger partial charge in [-0.3, -0.25) is 4.79 Å². The van der Waals surface area contributed by atoms with Gasteiger partial charge in [0.2, 0.25) is 5.91 Å². The first-order valence-electron chi connectivity index (χ1n) is 9.41. The maximum atomic E-state index is 12.4. The number of rotatable bonds is 7. The Kier molecular flexibility index (Phi) is 6.26. The number of carbonyl (C=O) groups excluding carboxylic acids is 1. The molecule has 2 heterocycles. The first kappa shape index (κ1) is 20.3. The van der Waals surface area contributed by atoms with Crippen LogP contribution in [-0.2, 0) is 11.3 Å². The molecule has 0 aliphatic rings. The molecule has 30 heavy (non-hydrogen) atoms. The van der Waals surface area contributed by atoms with Gasteiger partial charge in [-0.25, -0.2) is 4.98 Å². The number of furan rings is 1. The molecule has 1 N–H and O–H groups in total. The molecule has 0 saturated carbocycles. The van der Waals surface area contributed by atoms with E-state index in [1.807, 2.05) is 18.3 Å². The van der Waals surface area contributed by atoms with E-state index in [1.54, 1.807) is 30.5 Å². The first-order valence-corrected chi connectivity index (χ1v) is 10.8. The van der Waals surface area contributed by atoms with Crippen LogP contribution in [-0.4, -0.2) is 21.2 Å². The topological polar surface area (TPSA) is 60.1 Å². The third kappa shape index (κ3) is 4.96. The molecular weight excluding hydrogens is 418 g/mol. The third-order valence-corrected chi connectivity index (χ3v) is 5.76. The highest BCUT2D eigenvalue weighted by molar-refractivity contribution is 7.99. The van der Waals surface area contributed by atoms with E-state index in [-0.39, 0.29) is 11.7 Å². The molecule has 2 aromatic heterocycles. The van der Waals surface area contributed by atoms with Gasteiger partial charge in [0.25, 0.3) is 0 Å². The summed E-state index contributed by atoms with van der Waals surface area (Å²) in [6, 6.07) is 19.1. The Morgan fingerprint density at radius 3 is 2.60 bits per heavy atom. The Morgan fingerprint density at radius 2 is 1.90 bits per heavy atom. The number of hydrogen-bond acceptors (Lipinski definition) is 4. The summed E-state index contributed by atoms with van der Waals surface area (Å²) in [5, 5.41) is 4.26. The van der Waals surface area contributed by atoms with E-state index in [0.717, 1.165) is 22.2 Å². The molecule has 0 aliphatic carbocycles. The Hall–Kier alpha value is -2.96. The minimum Gasteiger partial charge on any atom is -0.467 e. The van der Waals surface area contributed by atoms with Crippen molar-refractivity contribution < 1.29 is 9.21 Å². The van der Waals surface area contributed by atoms with Crippen LogP contribution < -0.4 is 5.32 Å². The van der Waals surface area contributed by atoms with Crippen LogP contribution >= 0.6 is 23.4 Å². The van der Waals surface area contributed by atoms with Gasteiger partial charge >= 0.3 is 0 Å². The molecule has 0 aliphatic heterocycles. The fourth-order valence-electron chi connectivity index (χ4n) is 3.00. The van der Waals surface area contributed by atoms with E-state index < -0.39 is 0 Å². The van der Waals surface area contributed by atoms with Crippen LogP contribution in [0.1, 0.15) is 11.3 Å². The van der Waals surface area contributed by atoms with Crippen LogP contribution in [0.25, 0.3) is 11.3 Å². The summed E-state index contributed by atoms with van der Waals surface area (Å²) in [6.07, 6.45) is 3.50. The number of nitrogens with one attached hydrogen (secondary N) is 1. The lowest BCUT2D eigenvalue weighted by Crippen LogP contribution is -2.14. The molecule has 1 amide bonds. The van der Waals surface area contributed by atoms with Gasteiger partial charge < -0.3 is 14.3 Å². The van der Waals surface area contributed by atoms with Gasteiger partial charge in [0.05, 0.1) is 30.5 Å². The number of benzene rings is 2. The predicted octanol–water partition coefficient (Wildman–Crippen LogP) is 5.88. The van der Waals surface area contributed by atoms with Crippen molar-refractivity contribution in [2.45, 2.75) is 18.6 Å². The average Bonchev–Trinajstić information content (AvgIpc) is 3.39. The Labute approximate surface area is 184 Å². The quantitative estimate of drug-likeness (QED) is 0.366. The number of thioether (sulfide) groups is 1. The fraction of sp³-hybridized carbons (Fsp3) is 0.130. The highest BCUT2D eigenvalue weighted by Gasteiger charge is 2.15. The number of imidazole rings is 1. The molecule has 0 spiro atoms. The van der Waals surface area contributed by atoms with E-state index in [9.17, 15) is 4.79 Å². The average molecular weight is 438 g/mol. The van der Waals surface area contributed by atoms with Crippen molar-refractivity contribution in [1.82, 2.24) is 9.55 Å². The van der Waals surface area contributed by atoms with Gasteiger partial charge in [-0.15, -0.1) is 0 Å². The monoisotopic (exact) mass is 437 g/mol. The second-order valence-corrected chi connectivity index (χ2v) is 8.18. The zero-order chi connectivity index (χ0) is 20.9. The van der Waals surface area contributed by atoms with Gasteiger partial charge in [-0.1, -0.05) is 53.2 Å². The molecule has 0 radical (unpaired) electrons. The van der Waals surface area contributed by atoms with E-state index in [0.29, 0.717) is 17.3 Å². The number of aryl methyl sites for hydroxylation is 1. The molecule has 0 unspecified atom stereocenters. The Bertz CT molecular complexity index is 1120. The third-order valence-electron chi connectivity index (χ3n) is 4.52. The Morgan fingerprint density at radius 1 is 1.13 bits per heavy atom. The van der Waals surface area contributed by atoms with E-state index in [2.05, 4.69) is 46.1 Å². The molecule has 4 rings (SSSR count). The summed E-state index contributed by atoms with van der Waals surface area (Å²) in [5.41, 5.74) is 3.96.